The molecule has 3 nitrogen and oxygen atoms in total. The normalized spacial score (nSPS) is 18.9. The molecule has 1 saturated carbocycles. The molecule has 1 unspecified atom stereocenters. The second-order valence-electron chi connectivity index (χ2n) is 5.95. The Morgan fingerprint density at radius 3 is 2.65 bits per heavy atom. The molecule has 0 spiro atoms. The van der Waals surface area contributed by atoms with Crippen LogP contribution in [0.2, 0.25) is 0 Å². The SMILES string of the molecule is CCCOc1cncc(C(NC)C2(CC)CCCC2)c1. The maximum Gasteiger partial charge on any atom is 0.137 e. The summed E-state index contributed by atoms with van der Waals surface area (Å²) < 4.78 is 5.73. The van der Waals surface area contributed by atoms with Gasteiger partial charge in [0.2, 0.25) is 0 Å². The summed E-state index contributed by atoms with van der Waals surface area (Å²) in [5.41, 5.74) is 1.66. The van der Waals surface area contributed by atoms with Crippen LogP contribution >= 0.6 is 0 Å². The highest BCUT2D eigenvalue weighted by Crippen LogP contribution is 2.50. The largest absolute Gasteiger partial charge is 0.492 e. The van der Waals surface area contributed by atoms with E-state index in [1.807, 2.05) is 12.4 Å². The molecule has 1 N–H and O–H groups in total. The molecule has 1 aromatic rings. The molecular formula is C17H28N2O. The molecule has 0 saturated heterocycles. The molecule has 0 amide bonds. The van der Waals surface area contributed by atoms with Crippen molar-refractivity contribution in [3.63, 3.8) is 0 Å². The predicted octanol–water partition coefficient (Wildman–Crippen LogP) is 4.10. The van der Waals surface area contributed by atoms with Crippen molar-refractivity contribution < 1.29 is 4.74 Å². The van der Waals surface area contributed by atoms with Crippen molar-refractivity contribution in [2.75, 3.05) is 13.7 Å². The van der Waals surface area contributed by atoms with Gasteiger partial charge in [-0.05, 0) is 49.8 Å². The van der Waals surface area contributed by atoms with Crippen molar-refractivity contribution in [3.05, 3.63) is 24.0 Å². The van der Waals surface area contributed by atoms with Gasteiger partial charge in [-0.1, -0.05) is 26.7 Å². The Morgan fingerprint density at radius 2 is 2.05 bits per heavy atom. The molecule has 112 valence electrons. The van der Waals surface area contributed by atoms with Crippen molar-refractivity contribution in [1.29, 1.82) is 0 Å². The van der Waals surface area contributed by atoms with Gasteiger partial charge in [0, 0.05) is 12.2 Å². The minimum Gasteiger partial charge on any atom is -0.492 e. The van der Waals surface area contributed by atoms with E-state index >= 15 is 0 Å². The van der Waals surface area contributed by atoms with Crippen molar-refractivity contribution >= 4 is 0 Å². The van der Waals surface area contributed by atoms with Gasteiger partial charge in [0.25, 0.3) is 0 Å². The van der Waals surface area contributed by atoms with E-state index in [0.29, 0.717) is 11.5 Å². The summed E-state index contributed by atoms with van der Waals surface area (Å²) in [5, 5.41) is 3.54. The summed E-state index contributed by atoms with van der Waals surface area (Å²) >= 11 is 0. The predicted molar refractivity (Wildman–Crippen MR) is 83.0 cm³/mol. The summed E-state index contributed by atoms with van der Waals surface area (Å²) in [6.07, 6.45) is 11.4. The molecule has 1 aliphatic carbocycles. The fourth-order valence-corrected chi connectivity index (χ4v) is 3.64. The molecule has 3 heteroatoms. The van der Waals surface area contributed by atoms with Crippen LogP contribution in [0.4, 0.5) is 0 Å². The fraction of sp³-hybridized carbons (Fsp3) is 0.706. The van der Waals surface area contributed by atoms with E-state index in [1.165, 1.54) is 37.7 Å². The highest BCUT2D eigenvalue weighted by Gasteiger charge is 2.40. The number of nitrogens with zero attached hydrogens (tertiary/aromatic N) is 1. The number of nitrogens with one attached hydrogen (secondary N) is 1. The maximum atomic E-state index is 5.73. The first-order valence-corrected chi connectivity index (χ1v) is 8.00. The minimum atomic E-state index is 0.382. The lowest BCUT2D eigenvalue weighted by molar-refractivity contribution is 0.194. The molecule has 1 fully saturated rings. The van der Waals surface area contributed by atoms with E-state index in [9.17, 15) is 0 Å². The van der Waals surface area contributed by atoms with E-state index in [0.717, 1.165) is 18.8 Å². The van der Waals surface area contributed by atoms with Crippen LogP contribution in [0.3, 0.4) is 0 Å². The highest BCUT2D eigenvalue weighted by atomic mass is 16.5. The Labute approximate surface area is 123 Å². The van der Waals surface area contributed by atoms with Gasteiger partial charge >= 0.3 is 0 Å². The van der Waals surface area contributed by atoms with Crippen LogP contribution in [0.1, 0.15) is 64.0 Å². The molecule has 1 aliphatic rings. The first kappa shape index (κ1) is 15.3. The maximum absolute atomic E-state index is 5.73. The van der Waals surface area contributed by atoms with E-state index in [-0.39, 0.29) is 0 Å². The summed E-state index contributed by atoms with van der Waals surface area (Å²) in [6, 6.07) is 2.55. The highest BCUT2D eigenvalue weighted by molar-refractivity contribution is 5.28. The number of pyridine rings is 1. The third-order valence-electron chi connectivity index (χ3n) is 4.75. The third-order valence-corrected chi connectivity index (χ3v) is 4.75. The topological polar surface area (TPSA) is 34.1 Å². The molecule has 0 bridgehead atoms. The first-order valence-electron chi connectivity index (χ1n) is 8.00. The average Bonchev–Trinajstić information content (AvgIpc) is 2.96. The summed E-state index contributed by atoms with van der Waals surface area (Å²) in [5.74, 6) is 0.897. The van der Waals surface area contributed by atoms with E-state index in [4.69, 9.17) is 4.74 Å². The summed E-state index contributed by atoms with van der Waals surface area (Å²) in [7, 11) is 2.07. The summed E-state index contributed by atoms with van der Waals surface area (Å²) in [6.45, 7) is 5.20. The number of ether oxygens (including phenoxy) is 1. The molecule has 0 aliphatic heterocycles. The summed E-state index contributed by atoms with van der Waals surface area (Å²) in [4.78, 5) is 4.38. The lowest BCUT2D eigenvalue weighted by Crippen LogP contribution is -2.34. The lowest BCUT2D eigenvalue weighted by Gasteiger charge is -2.37. The van der Waals surface area contributed by atoms with Gasteiger partial charge in [-0.2, -0.15) is 0 Å². The molecule has 20 heavy (non-hydrogen) atoms. The van der Waals surface area contributed by atoms with Gasteiger partial charge in [0.05, 0.1) is 12.8 Å². The van der Waals surface area contributed by atoms with Crippen LogP contribution in [-0.4, -0.2) is 18.6 Å². The Hall–Kier alpha value is -1.09. The van der Waals surface area contributed by atoms with Gasteiger partial charge in [0.15, 0.2) is 0 Å². The Kier molecular flexibility index (Phi) is 5.41. The zero-order valence-electron chi connectivity index (χ0n) is 13.1. The van der Waals surface area contributed by atoms with Gasteiger partial charge in [-0.25, -0.2) is 0 Å². The zero-order chi connectivity index (χ0) is 14.4. The molecule has 1 aromatic heterocycles. The lowest BCUT2D eigenvalue weighted by atomic mass is 9.74. The van der Waals surface area contributed by atoms with Gasteiger partial charge in [-0.3, -0.25) is 4.98 Å². The quantitative estimate of drug-likeness (QED) is 0.814. The molecule has 1 heterocycles. The van der Waals surface area contributed by atoms with Gasteiger partial charge in [0.1, 0.15) is 5.75 Å². The Morgan fingerprint density at radius 1 is 1.30 bits per heavy atom. The minimum absolute atomic E-state index is 0.382. The molecular weight excluding hydrogens is 248 g/mol. The van der Waals surface area contributed by atoms with Crippen molar-refractivity contribution in [2.45, 2.75) is 58.4 Å². The Bertz CT molecular complexity index is 413. The molecule has 0 aromatic carbocycles. The smallest absolute Gasteiger partial charge is 0.137 e. The van der Waals surface area contributed by atoms with Crippen molar-refractivity contribution in [1.82, 2.24) is 10.3 Å². The standard InChI is InChI=1S/C17H28N2O/c1-4-10-20-15-11-14(12-19-13-15)16(18-3)17(5-2)8-6-7-9-17/h11-13,16,18H,4-10H2,1-3H3. The Balaban J connectivity index is 2.22. The van der Waals surface area contributed by atoms with Crippen LogP contribution < -0.4 is 10.1 Å². The van der Waals surface area contributed by atoms with Crippen LogP contribution in [0.5, 0.6) is 5.75 Å². The molecule has 0 radical (unpaired) electrons. The van der Waals surface area contributed by atoms with Gasteiger partial charge in [-0.15, -0.1) is 0 Å². The zero-order valence-corrected chi connectivity index (χ0v) is 13.1. The second-order valence-corrected chi connectivity index (χ2v) is 5.95. The van der Waals surface area contributed by atoms with Crippen LogP contribution in [0.15, 0.2) is 18.5 Å². The van der Waals surface area contributed by atoms with E-state index < -0.39 is 0 Å². The van der Waals surface area contributed by atoms with Crippen molar-refractivity contribution in [3.8, 4) is 5.75 Å². The molecule has 2 rings (SSSR count). The fourth-order valence-electron chi connectivity index (χ4n) is 3.64. The second kappa shape index (κ2) is 7.07. The molecule has 1 atom stereocenters. The van der Waals surface area contributed by atoms with Crippen LogP contribution in [0.25, 0.3) is 0 Å². The van der Waals surface area contributed by atoms with E-state index in [2.05, 4.69) is 37.3 Å². The number of hydrogen-bond donors (Lipinski definition) is 1. The number of aromatic nitrogens is 1. The third kappa shape index (κ3) is 3.14. The average molecular weight is 276 g/mol. The van der Waals surface area contributed by atoms with Crippen LogP contribution in [-0.2, 0) is 0 Å². The first-order chi connectivity index (χ1) is 9.75. The van der Waals surface area contributed by atoms with Crippen LogP contribution in [0, 0.1) is 5.41 Å². The monoisotopic (exact) mass is 276 g/mol. The van der Waals surface area contributed by atoms with Gasteiger partial charge < -0.3 is 10.1 Å². The van der Waals surface area contributed by atoms with Crippen molar-refractivity contribution in [2.24, 2.45) is 5.41 Å². The number of rotatable bonds is 7. The number of hydrogen-bond acceptors (Lipinski definition) is 3. The van der Waals surface area contributed by atoms with E-state index in [1.54, 1.807) is 0 Å².